The highest BCUT2D eigenvalue weighted by molar-refractivity contribution is 7.90. The summed E-state index contributed by atoms with van der Waals surface area (Å²) in [5.41, 5.74) is 2.57. The lowest BCUT2D eigenvalue weighted by atomic mass is 10.1. The van der Waals surface area contributed by atoms with E-state index in [0.29, 0.717) is 12.4 Å². The molecular formula is C19H20O3S. The molecule has 4 heteroatoms. The third-order valence-corrected chi connectivity index (χ3v) is 4.46. The molecule has 0 unspecified atom stereocenters. The van der Waals surface area contributed by atoms with Crippen LogP contribution in [0.4, 0.5) is 0 Å². The summed E-state index contributed by atoms with van der Waals surface area (Å²) in [6.45, 7) is 6.06. The first-order valence-electron chi connectivity index (χ1n) is 7.25. The second-order valence-electron chi connectivity index (χ2n) is 5.17. The largest absolute Gasteiger partial charge is 0.488 e. The van der Waals surface area contributed by atoms with Gasteiger partial charge < -0.3 is 4.74 Å². The number of sulfone groups is 1. The zero-order valence-corrected chi connectivity index (χ0v) is 14.1. The van der Waals surface area contributed by atoms with Crippen LogP contribution in [0.15, 0.2) is 60.0 Å². The Bertz CT molecular complexity index is 819. The SMILES string of the molecule is C=Cc1c(/C=C/C)cc(S(C)(=O)=O)cc1OCc1ccccc1. The van der Waals surface area contributed by atoms with E-state index in [9.17, 15) is 8.42 Å². The third-order valence-electron chi connectivity index (χ3n) is 3.36. The summed E-state index contributed by atoms with van der Waals surface area (Å²) in [5, 5.41) is 0. The van der Waals surface area contributed by atoms with Crippen LogP contribution in [0.25, 0.3) is 12.2 Å². The monoisotopic (exact) mass is 328 g/mol. The molecule has 0 saturated carbocycles. The lowest BCUT2D eigenvalue weighted by Gasteiger charge is -2.14. The summed E-state index contributed by atoms with van der Waals surface area (Å²) in [6.07, 6.45) is 6.58. The molecule has 120 valence electrons. The van der Waals surface area contributed by atoms with Crippen LogP contribution in [-0.4, -0.2) is 14.7 Å². The lowest BCUT2D eigenvalue weighted by molar-refractivity contribution is 0.304. The molecule has 2 rings (SSSR count). The van der Waals surface area contributed by atoms with Gasteiger partial charge in [0.2, 0.25) is 0 Å². The van der Waals surface area contributed by atoms with E-state index in [1.54, 1.807) is 18.2 Å². The number of ether oxygens (including phenoxy) is 1. The van der Waals surface area contributed by atoms with Crippen molar-refractivity contribution in [1.29, 1.82) is 0 Å². The number of rotatable bonds is 6. The first-order chi connectivity index (χ1) is 11.0. The van der Waals surface area contributed by atoms with Crippen LogP contribution < -0.4 is 4.74 Å². The van der Waals surface area contributed by atoms with Gasteiger partial charge in [-0.2, -0.15) is 0 Å². The van der Waals surface area contributed by atoms with E-state index in [-0.39, 0.29) is 4.90 Å². The molecule has 0 aliphatic rings. The Morgan fingerprint density at radius 2 is 1.87 bits per heavy atom. The molecule has 0 fully saturated rings. The van der Waals surface area contributed by atoms with E-state index in [4.69, 9.17) is 4.74 Å². The molecule has 0 aliphatic heterocycles. The van der Waals surface area contributed by atoms with E-state index in [1.165, 1.54) is 6.26 Å². The highest BCUT2D eigenvalue weighted by Crippen LogP contribution is 2.30. The summed E-state index contributed by atoms with van der Waals surface area (Å²) >= 11 is 0. The molecule has 0 amide bonds. The quantitative estimate of drug-likeness (QED) is 0.792. The maximum atomic E-state index is 11.9. The molecule has 0 aromatic heterocycles. The predicted molar refractivity (Wildman–Crippen MR) is 95.1 cm³/mol. The molecule has 0 saturated heterocycles. The maximum Gasteiger partial charge on any atom is 0.175 e. The fourth-order valence-corrected chi connectivity index (χ4v) is 2.89. The van der Waals surface area contributed by atoms with Crippen molar-refractivity contribution in [2.75, 3.05) is 6.26 Å². The standard InChI is InChI=1S/C19H20O3S/c1-4-9-16-12-17(23(3,20)21)13-19(18(16)5-2)22-14-15-10-7-6-8-11-15/h4-13H,2,14H2,1,3H3/b9-4+. The predicted octanol–water partition coefficient (Wildman–Crippen LogP) is 4.35. The molecule has 0 spiro atoms. The highest BCUT2D eigenvalue weighted by atomic mass is 32.2. The Balaban J connectivity index is 2.47. The van der Waals surface area contributed by atoms with E-state index in [1.807, 2.05) is 49.4 Å². The zero-order valence-electron chi connectivity index (χ0n) is 13.3. The molecule has 0 radical (unpaired) electrons. The molecule has 23 heavy (non-hydrogen) atoms. The van der Waals surface area contributed by atoms with Crippen molar-refractivity contribution >= 4 is 22.0 Å². The Hall–Kier alpha value is -2.33. The summed E-state index contributed by atoms with van der Waals surface area (Å²) in [6, 6.07) is 12.9. The number of allylic oxidation sites excluding steroid dienone is 1. The van der Waals surface area contributed by atoms with E-state index < -0.39 is 9.84 Å². The molecular weight excluding hydrogens is 308 g/mol. The van der Waals surface area contributed by atoms with Gasteiger partial charge in [0.25, 0.3) is 0 Å². The van der Waals surface area contributed by atoms with Crippen molar-refractivity contribution in [1.82, 2.24) is 0 Å². The van der Waals surface area contributed by atoms with E-state index in [0.717, 1.165) is 16.7 Å². The Morgan fingerprint density at radius 3 is 2.43 bits per heavy atom. The van der Waals surface area contributed by atoms with Gasteiger partial charge in [0.15, 0.2) is 9.84 Å². The first-order valence-corrected chi connectivity index (χ1v) is 9.15. The van der Waals surface area contributed by atoms with Gasteiger partial charge in [0, 0.05) is 11.8 Å². The molecule has 0 heterocycles. The second kappa shape index (κ2) is 7.29. The van der Waals surface area contributed by atoms with Gasteiger partial charge in [0.1, 0.15) is 12.4 Å². The van der Waals surface area contributed by atoms with Crippen molar-refractivity contribution in [3.8, 4) is 5.75 Å². The normalized spacial score (nSPS) is 11.6. The fraction of sp³-hybridized carbons (Fsp3) is 0.158. The van der Waals surface area contributed by atoms with E-state index in [2.05, 4.69) is 6.58 Å². The minimum absolute atomic E-state index is 0.235. The van der Waals surface area contributed by atoms with Crippen molar-refractivity contribution in [2.24, 2.45) is 0 Å². The van der Waals surface area contributed by atoms with Crippen molar-refractivity contribution < 1.29 is 13.2 Å². The van der Waals surface area contributed by atoms with Crippen LogP contribution in [0.5, 0.6) is 5.75 Å². The van der Waals surface area contributed by atoms with Crippen molar-refractivity contribution in [3.63, 3.8) is 0 Å². The Kier molecular flexibility index (Phi) is 5.40. The average Bonchev–Trinajstić information content (AvgIpc) is 2.53. The number of hydrogen-bond donors (Lipinski definition) is 0. The lowest BCUT2D eigenvalue weighted by Crippen LogP contribution is -2.03. The molecule has 0 bridgehead atoms. The second-order valence-corrected chi connectivity index (χ2v) is 7.19. The first kappa shape index (κ1) is 17.0. The minimum atomic E-state index is -3.32. The van der Waals surface area contributed by atoms with Crippen LogP contribution in [0, 0.1) is 0 Å². The molecule has 0 aliphatic carbocycles. The average molecular weight is 328 g/mol. The molecule has 0 atom stereocenters. The zero-order chi connectivity index (χ0) is 16.9. The van der Waals surface area contributed by atoms with Crippen LogP contribution in [0.3, 0.4) is 0 Å². The van der Waals surface area contributed by atoms with Gasteiger partial charge >= 0.3 is 0 Å². The molecule has 3 nitrogen and oxygen atoms in total. The van der Waals surface area contributed by atoms with Crippen molar-refractivity contribution in [2.45, 2.75) is 18.4 Å². The summed E-state index contributed by atoms with van der Waals surface area (Å²) in [7, 11) is -3.32. The summed E-state index contributed by atoms with van der Waals surface area (Å²) in [5.74, 6) is 0.514. The third kappa shape index (κ3) is 4.33. The Morgan fingerprint density at radius 1 is 1.17 bits per heavy atom. The highest BCUT2D eigenvalue weighted by Gasteiger charge is 2.14. The molecule has 2 aromatic carbocycles. The fourth-order valence-electron chi connectivity index (χ4n) is 2.23. The van der Waals surface area contributed by atoms with Gasteiger partial charge in [-0.05, 0) is 30.2 Å². The smallest absolute Gasteiger partial charge is 0.175 e. The molecule has 0 N–H and O–H groups in total. The van der Waals surface area contributed by atoms with Gasteiger partial charge in [-0.25, -0.2) is 8.42 Å². The summed E-state index contributed by atoms with van der Waals surface area (Å²) in [4.78, 5) is 0.235. The Labute approximate surface area is 137 Å². The van der Waals surface area contributed by atoms with E-state index >= 15 is 0 Å². The van der Waals surface area contributed by atoms with Crippen LogP contribution in [0.1, 0.15) is 23.6 Å². The van der Waals surface area contributed by atoms with Gasteiger partial charge in [-0.1, -0.05) is 55.1 Å². The van der Waals surface area contributed by atoms with Gasteiger partial charge in [-0.15, -0.1) is 0 Å². The van der Waals surface area contributed by atoms with Crippen LogP contribution in [0.2, 0.25) is 0 Å². The molecule has 2 aromatic rings. The van der Waals surface area contributed by atoms with Gasteiger partial charge in [-0.3, -0.25) is 0 Å². The number of benzene rings is 2. The topological polar surface area (TPSA) is 43.4 Å². The maximum absolute atomic E-state index is 11.9. The van der Waals surface area contributed by atoms with Crippen molar-refractivity contribution in [3.05, 3.63) is 71.8 Å². The minimum Gasteiger partial charge on any atom is -0.488 e. The summed E-state index contributed by atoms with van der Waals surface area (Å²) < 4.78 is 29.7. The van der Waals surface area contributed by atoms with Crippen LogP contribution in [-0.2, 0) is 16.4 Å². The van der Waals surface area contributed by atoms with Crippen LogP contribution >= 0.6 is 0 Å². The van der Waals surface area contributed by atoms with Gasteiger partial charge in [0.05, 0.1) is 4.90 Å². The number of hydrogen-bond acceptors (Lipinski definition) is 3.